The third kappa shape index (κ3) is 3.96. The van der Waals surface area contributed by atoms with Crippen LogP contribution in [0.5, 0.6) is 0 Å². The van der Waals surface area contributed by atoms with Crippen LogP contribution < -0.4 is 5.32 Å². The van der Waals surface area contributed by atoms with Crippen LogP contribution in [0.3, 0.4) is 0 Å². The average molecular weight is 379 g/mol. The molecule has 1 saturated heterocycles. The highest BCUT2D eigenvalue weighted by Gasteiger charge is 2.58. The second-order valence-electron chi connectivity index (χ2n) is 7.56. The molecule has 0 radical (unpaired) electrons. The highest BCUT2D eigenvalue weighted by atomic mass is 19.1. The van der Waals surface area contributed by atoms with E-state index in [1.165, 1.54) is 12.1 Å². The van der Waals surface area contributed by atoms with Gasteiger partial charge in [0.05, 0.1) is 0 Å². The number of hydrogen-bond acceptors (Lipinski definition) is 3. The summed E-state index contributed by atoms with van der Waals surface area (Å²) in [6.07, 6.45) is 9.25. The van der Waals surface area contributed by atoms with Crippen molar-refractivity contribution < 1.29 is 14.0 Å². The molecule has 1 N–H and O–H groups in total. The number of pyridine rings is 1. The summed E-state index contributed by atoms with van der Waals surface area (Å²) in [5.41, 5.74) is 1.41. The molecule has 1 aliphatic carbocycles. The minimum absolute atomic E-state index is 0.00641. The first-order valence-electron chi connectivity index (χ1n) is 9.49. The minimum atomic E-state index is -0.366. The van der Waals surface area contributed by atoms with Crippen molar-refractivity contribution in [2.24, 2.45) is 11.3 Å². The van der Waals surface area contributed by atoms with Crippen LogP contribution in [0.4, 0.5) is 10.1 Å². The Kier molecular flexibility index (Phi) is 4.94. The zero-order chi connectivity index (χ0) is 19.6. The Bertz CT molecular complexity index is 905. The van der Waals surface area contributed by atoms with E-state index in [9.17, 15) is 14.0 Å². The van der Waals surface area contributed by atoms with Crippen molar-refractivity contribution >= 4 is 23.6 Å². The maximum Gasteiger partial charge on any atom is 0.246 e. The van der Waals surface area contributed by atoms with Gasteiger partial charge in [-0.2, -0.15) is 0 Å². The van der Waals surface area contributed by atoms with Gasteiger partial charge in [-0.25, -0.2) is 4.39 Å². The highest BCUT2D eigenvalue weighted by Crippen LogP contribution is 2.59. The van der Waals surface area contributed by atoms with Crippen molar-refractivity contribution in [3.05, 3.63) is 66.2 Å². The SMILES string of the molecule is O=C(Nc1cccc(F)c1)C1CC12CCN(C(=O)/C=C/c1ccncc1)CC2. The van der Waals surface area contributed by atoms with Crippen LogP contribution in [-0.4, -0.2) is 34.8 Å². The van der Waals surface area contributed by atoms with Gasteiger partial charge >= 0.3 is 0 Å². The molecular weight excluding hydrogens is 357 g/mol. The van der Waals surface area contributed by atoms with E-state index < -0.39 is 0 Å². The quantitative estimate of drug-likeness (QED) is 0.827. The topological polar surface area (TPSA) is 62.3 Å². The Labute approximate surface area is 163 Å². The molecule has 0 bridgehead atoms. The fourth-order valence-corrected chi connectivity index (χ4v) is 3.99. The molecule has 4 rings (SSSR count). The highest BCUT2D eigenvalue weighted by molar-refractivity contribution is 5.95. The number of benzene rings is 1. The van der Waals surface area contributed by atoms with E-state index in [1.54, 1.807) is 36.7 Å². The fourth-order valence-electron chi connectivity index (χ4n) is 3.99. The number of rotatable bonds is 4. The van der Waals surface area contributed by atoms with E-state index in [2.05, 4.69) is 10.3 Å². The third-order valence-corrected chi connectivity index (χ3v) is 5.79. The van der Waals surface area contributed by atoms with E-state index in [1.807, 2.05) is 17.0 Å². The molecule has 144 valence electrons. The Morgan fingerprint density at radius 3 is 2.64 bits per heavy atom. The van der Waals surface area contributed by atoms with Crippen molar-refractivity contribution in [1.29, 1.82) is 0 Å². The first kappa shape index (κ1) is 18.3. The number of halogens is 1. The first-order valence-corrected chi connectivity index (χ1v) is 9.49. The van der Waals surface area contributed by atoms with E-state index in [4.69, 9.17) is 0 Å². The smallest absolute Gasteiger partial charge is 0.246 e. The predicted molar refractivity (Wildman–Crippen MR) is 105 cm³/mol. The molecule has 1 atom stereocenters. The zero-order valence-corrected chi connectivity index (χ0v) is 15.5. The molecule has 2 amide bonds. The summed E-state index contributed by atoms with van der Waals surface area (Å²) in [6.45, 7) is 1.31. The number of amides is 2. The van der Waals surface area contributed by atoms with Gasteiger partial charge in [0.2, 0.25) is 11.8 Å². The molecule has 2 heterocycles. The molecule has 28 heavy (non-hydrogen) atoms. The van der Waals surface area contributed by atoms with Gasteiger partial charge < -0.3 is 10.2 Å². The molecule has 6 heteroatoms. The fraction of sp³-hybridized carbons (Fsp3) is 0.318. The molecule has 5 nitrogen and oxygen atoms in total. The molecule has 1 aromatic carbocycles. The van der Waals surface area contributed by atoms with Crippen LogP contribution in [0.25, 0.3) is 6.08 Å². The summed E-state index contributed by atoms with van der Waals surface area (Å²) >= 11 is 0. The van der Waals surface area contributed by atoms with E-state index in [0.29, 0.717) is 18.8 Å². The number of piperidine rings is 1. The Morgan fingerprint density at radius 2 is 1.93 bits per heavy atom. The molecule has 2 aromatic rings. The third-order valence-electron chi connectivity index (χ3n) is 5.79. The maximum atomic E-state index is 13.3. The van der Waals surface area contributed by atoms with Crippen LogP contribution in [0, 0.1) is 17.2 Å². The van der Waals surface area contributed by atoms with Crippen LogP contribution in [0.15, 0.2) is 54.9 Å². The lowest BCUT2D eigenvalue weighted by Gasteiger charge is -2.32. The molecule has 1 aromatic heterocycles. The summed E-state index contributed by atoms with van der Waals surface area (Å²) in [4.78, 5) is 30.7. The summed E-state index contributed by atoms with van der Waals surface area (Å²) in [5.74, 6) is -0.480. The first-order chi connectivity index (χ1) is 13.6. The molecule has 1 aliphatic heterocycles. The van der Waals surface area contributed by atoms with Gasteiger partial charge in [0, 0.05) is 43.2 Å². The molecule has 1 spiro atoms. The monoisotopic (exact) mass is 379 g/mol. The van der Waals surface area contributed by atoms with Crippen molar-refractivity contribution in [1.82, 2.24) is 9.88 Å². The van der Waals surface area contributed by atoms with E-state index >= 15 is 0 Å². The van der Waals surface area contributed by atoms with Gasteiger partial charge in [0.1, 0.15) is 5.82 Å². The summed E-state index contributed by atoms with van der Waals surface area (Å²) in [7, 11) is 0. The Morgan fingerprint density at radius 1 is 1.18 bits per heavy atom. The van der Waals surface area contributed by atoms with Gasteiger partial charge in [0.25, 0.3) is 0 Å². The van der Waals surface area contributed by atoms with Gasteiger partial charge in [0.15, 0.2) is 0 Å². The predicted octanol–water partition coefficient (Wildman–Crippen LogP) is 3.50. The van der Waals surface area contributed by atoms with Gasteiger partial charge in [-0.15, -0.1) is 0 Å². The average Bonchev–Trinajstić information content (AvgIpc) is 3.41. The van der Waals surface area contributed by atoms with Crippen LogP contribution in [0.1, 0.15) is 24.8 Å². The second-order valence-corrected chi connectivity index (χ2v) is 7.56. The molecule has 1 unspecified atom stereocenters. The lowest BCUT2D eigenvalue weighted by Crippen LogP contribution is -2.39. The van der Waals surface area contributed by atoms with Crippen LogP contribution >= 0.6 is 0 Å². The van der Waals surface area contributed by atoms with Crippen molar-refractivity contribution in [2.75, 3.05) is 18.4 Å². The number of nitrogens with zero attached hydrogens (tertiary/aromatic N) is 2. The van der Waals surface area contributed by atoms with E-state index in [0.717, 1.165) is 24.8 Å². The van der Waals surface area contributed by atoms with Crippen molar-refractivity contribution in [3.63, 3.8) is 0 Å². The zero-order valence-electron chi connectivity index (χ0n) is 15.5. The minimum Gasteiger partial charge on any atom is -0.339 e. The van der Waals surface area contributed by atoms with Crippen LogP contribution in [0.2, 0.25) is 0 Å². The normalized spacial score (nSPS) is 20.3. The molecule has 2 aliphatic rings. The summed E-state index contributed by atoms with van der Waals surface area (Å²) < 4.78 is 13.3. The standard InChI is InChI=1S/C22H22FN3O2/c23-17-2-1-3-18(14-17)25-21(28)19-15-22(19)8-12-26(13-9-22)20(27)5-4-16-6-10-24-11-7-16/h1-7,10-11,14,19H,8-9,12-13,15H2,(H,25,28)/b5-4+. The second kappa shape index (κ2) is 7.54. The molecule has 1 saturated carbocycles. The maximum absolute atomic E-state index is 13.3. The lowest BCUT2D eigenvalue weighted by molar-refractivity contribution is -0.127. The number of nitrogens with one attached hydrogen (secondary N) is 1. The van der Waals surface area contributed by atoms with Crippen LogP contribution in [-0.2, 0) is 9.59 Å². The van der Waals surface area contributed by atoms with Gasteiger partial charge in [-0.1, -0.05) is 6.07 Å². The number of likely N-dealkylation sites (tertiary alicyclic amines) is 1. The number of carbonyl (C=O) groups is 2. The molecule has 2 fully saturated rings. The number of carbonyl (C=O) groups excluding carboxylic acids is 2. The van der Waals surface area contributed by atoms with Crippen molar-refractivity contribution in [2.45, 2.75) is 19.3 Å². The van der Waals surface area contributed by atoms with Gasteiger partial charge in [-0.05, 0) is 66.6 Å². The van der Waals surface area contributed by atoms with Gasteiger partial charge in [-0.3, -0.25) is 14.6 Å². The summed E-state index contributed by atoms with van der Waals surface area (Å²) in [5, 5.41) is 2.81. The Balaban J connectivity index is 1.29. The number of aromatic nitrogens is 1. The number of hydrogen-bond donors (Lipinski definition) is 1. The lowest BCUT2D eigenvalue weighted by atomic mass is 9.90. The van der Waals surface area contributed by atoms with E-state index in [-0.39, 0.29) is 29.0 Å². The number of anilines is 1. The summed E-state index contributed by atoms with van der Waals surface area (Å²) in [6, 6.07) is 9.64. The Hall–Kier alpha value is -3.02. The molecular formula is C22H22FN3O2. The largest absolute Gasteiger partial charge is 0.339 e. The van der Waals surface area contributed by atoms with Crippen molar-refractivity contribution in [3.8, 4) is 0 Å².